The highest BCUT2D eigenvalue weighted by molar-refractivity contribution is 5.93. The van der Waals surface area contributed by atoms with Crippen molar-refractivity contribution in [2.75, 3.05) is 25.0 Å². The van der Waals surface area contributed by atoms with Crippen LogP contribution >= 0.6 is 0 Å². The first-order valence-corrected chi connectivity index (χ1v) is 9.40. The molecule has 0 bridgehead atoms. The molecule has 0 spiro atoms. The third-order valence-corrected chi connectivity index (χ3v) is 4.80. The predicted octanol–water partition coefficient (Wildman–Crippen LogP) is 4.50. The number of carbonyl (C=O) groups is 1. The Morgan fingerprint density at radius 3 is 2.96 bits per heavy atom. The second-order valence-corrected chi connectivity index (χ2v) is 7.39. The molecule has 1 aromatic carbocycles. The van der Waals surface area contributed by atoms with Crippen molar-refractivity contribution in [3.05, 3.63) is 54.6 Å². The molecule has 1 unspecified atom stereocenters. The van der Waals surface area contributed by atoms with Gasteiger partial charge in [0.15, 0.2) is 0 Å². The molecule has 6 nitrogen and oxygen atoms in total. The molecular weight excluding hydrogens is 342 g/mol. The Bertz CT molecular complexity index is 914. The maximum atomic E-state index is 12.7. The average Bonchev–Trinajstić information content (AvgIpc) is 3.32. The number of nitrogens with zero attached hydrogens (tertiary/aromatic N) is 2. The summed E-state index contributed by atoms with van der Waals surface area (Å²) in [4.78, 5) is 14.5. The van der Waals surface area contributed by atoms with Crippen LogP contribution in [0.5, 0.6) is 0 Å². The zero-order valence-corrected chi connectivity index (χ0v) is 15.7. The van der Waals surface area contributed by atoms with E-state index in [0.29, 0.717) is 25.6 Å². The smallest absolute Gasteiger partial charge is 0.322 e. The average molecular weight is 367 g/mol. The van der Waals surface area contributed by atoms with Crippen LogP contribution in [-0.2, 0) is 11.3 Å². The normalized spacial score (nSPS) is 17.6. The number of hydrogen-bond acceptors (Lipinski definition) is 3. The van der Waals surface area contributed by atoms with Crippen molar-refractivity contribution in [3.8, 4) is 0 Å². The lowest BCUT2D eigenvalue weighted by Gasteiger charge is -2.32. The van der Waals surface area contributed by atoms with Crippen LogP contribution in [0.3, 0.4) is 0 Å². The Morgan fingerprint density at radius 2 is 2.19 bits per heavy atom. The number of ether oxygens (including phenoxy) is 1. The number of benzene rings is 1. The molecule has 1 aliphatic rings. The topological polar surface area (TPSA) is 59.6 Å². The van der Waals surface area contributed by atoms with Gasteiger partial charge in [0.05, 0.1) is 19.4 Å². The summed E-state index contributed by atoms with van der Waals surface area (Å²) in [6.07, 6.45) is 3.51. The van der Waals surface area contributed by atoms with Crippen molar-refractivity contribution in [1.29, 1.82) is 0 Å². The molecule has 1 fully saturated rings. The van der Waals surface area contributed by atoms with Crippen LogP contribution in [0.2, 0.25) is 0 Å². The number of urea groups is 1. The van der Waals surface area contributed by atoms with Crippen molar-refractivity contribution in [2.45, 2.75) is 26.5 Å². The standard InChI is InChI=1S/C21H25N3O3/c1-15(2)13-23-8-7-16-12-17(5-6-18(16)23)22-21(25)24-9-11-27-20(14-24)19-4-3-10-26-19/h3-8,10,12,15,20H,9,11,13-14H2,1-2H3,(H,22,25). The Hall–Kier alpha value is -2.73. The van der Waals surface area contributed by atoms with E-state index in [0.717, 1.165) is 23.4 Å². The number of amides is 2. The van der Waals surface area contributed by atoms with Crippen LogP contribution in [0.1, 0.15) is 25.7 Å². The number of carbonyl (C=O) groups excluding carboxylic acids is 1. The Labute approximate surface area is 158 Å². The van der Waals surface area contributed by atoms with E-state index in [-0.39, 0.29) is 12.1 Å². The summed E-state index contributed by atoms with van der Waals surface area (Å²) in [5.74, 6) is 1.34. The molecule has 2 amide bonds. The molecule has 3 aromatic rings. The van der Waals surface area contributed by atoms with Crippen molar-refractivity contribution in [2.24, 2.45) is 5.92 Å². The highest BCUT2D eigenvalue weighted by Gasteiger charge is 2.27. The quantitative estimate of drug-likeness (QED) is 0.739. The fourth-order valence-corrected chi connectivity index (χ4v) is 3.51. The van der Waals surface area contributed by atoms with Gasteiger partial charge in [-0.05, 0) is 42.3 Å². The lowest BCUT2D eigenvalue weighted by atomic mass is 10.2. The molecule has 1 aliphatic heterocycles. The summed E-state index contributed by atoms with van der Waals surface area (Å²) in [5, 5.41) is 4.14. The van der Waals surface area contributed by atoms with Gasteiger partial charge in [0.2, 0.25) is 0 Å². The van der Waals surface area contributed by atoms with Gasteiger partial charge in [-0.1, -0.05) is 13.8 Å². The molecule has 0 aliphatic carbocycles. The second kappa shape index (κ2) is 7.48. The highest BCUT2D eigenvalue weighted by Crippen LogP contribution is 2.24. The van der Waals surface area contributed by atoms with Crippen molar-refractivity contribution < 1.29 is 13.9 Å². The van der Waals surface area contributed by atoms with Gasteiger partial charge in [-0.15, -0.1) is 0 Å². The molecule has 1 saturated heterocycles. The molecule has 1 atom stereocenters. The Balaban J connectivity index is 1.44. The molecule has 27 heavy (non-hydrogen) atoms. The SMILES string of the molecule is CC(C)Cn1ccc2cc(NC(=O)N3CCOC(c4ccco4)C3)ccc21. The first kappa shape index (κ1) is 17.7. The number of rotatable bonds is 4. The van der Waals surface area contributed by atoms with E-state index in [1.165, 1.54) is 5.52 Å². The number of anilines is 1. The molecule has 2 aromatic heterocycles. The molecule has 3 heterocycles. The van der Waals surface area contributed by atoms with Crippen LogP contribution in [-0.4, -0.2) is 35.2 Å². The Morgan fingerprint density at radius 1 is 1.30 bits per heavy atom. The van der Waals surface area contributed by atoms with Crippen molar-refractivity contribution in [3.63, 3.8) is 0 Å². The molecular formula is C21H25N3O3. The van der Waals surface area contributed by atoms with E-state index in [9.17, 15) is 4.79 Å². The first-order valence-electron chi connectivity index (χ1n) is 9.40. The minimum atomic E-state index is -0.216. The van der Waals surface area contributed by atoms with Crippen LogP contribution in [0, 0.1) is 5.92 Å². The number of hydrogen-bond donors (Lipinski definition) is 1. The van der Waals surface area contributed by atoms with Gasteiger partial charge in [0, 0.05) is 35.9 Å². The van der Waals surface area contributed by atoms with Gasteiger partial charge in [-0.3, -0.25) is 0 Å². The molecule has 142 valence electrons. The minimum Gasteiger partial charge on any atom is -0.467 e. The van der Waals surface area contributed by atoms with E-state index >= 15 is 0 Å². The second-order valence-electron chi connectivity index (χ2n) is 7.39. The van der Waals surface area contributed by atoms with Gasteiger partial charge in [-0.25, -0.2) is 4.79 Å². The van der Waals surface area contributed by atoms with E-state index in [4.69, 9.17) is 9.15 Å². The monoisotopic (exact) mass is 367 g/mol. The van der Waals surface area contributed by atoms with Crippen LogP contribution in [0.25, 0.3) is 10.9 Å². The molecule has 4 rings (SSSR count). The maximum Gasteiger partial charge on any atom is 0.322 e. The van der Waals surface area contributed by atoms with E-state index in [1.807, 2.05) is 24.3 Å². The number of fused-ring (bicyclic) bond motifs is 1. The van der Waals surface area contributed by atoms with E-state index < -0.39 is 0 Å². The van der Waals surface area contributed by atoms with Crippen LogP contribution in [0.4, 0.5) is 10.5 Å². The summed E-state index contributed by atoms with van der Waals surface area (Å²) in [6, 6.07) is 11.7. The van der Waals surface area contributed by atoms with E-state index in [1.54, 1.807) is 11.2 Å². The fourth-order valence-electron chi connectivity index (χ4n) is 3.51. The molecule has 0 saturated carbocycles. The molecule has 0 radical (unpaired) electrons. The number of nitrogens with one attached hydrogen (secondary N) is 1. The van der Waals surface area contributed by atoms with Gasteiger partial charge < -0.3 is 23.9 Å². The summed E-state index contributed by atoms with van der Waals surface area (Å²) < 4.78 is 13.4. The minimum absolute atomic E-state index is 0.115. The summed E-state index contributed by atoms with van der Waals surface area (Å²) in [7, 11) is 0. The predicted molar refractivity (Wildman–Crippen MR) is 105 cm³/mol. The van der Waals surface area contributed by atoms with Crippen molar-refractivity contribution in [1.82, 2.24) is 9.47 Å². The maximum absolute atomic E-state index is 12.7. The zero-order valence-electron chi connectivity index (χ0n) is 15.7. The Kier molecular flexibility index (Phi) is 4.90. The molecule has 6 heteroatoms. The van der Waals surface area contributed by atoms with Crippen LogP contribution in [0.15, 0.2) is 53.3 Å². The number of furan rings is 1. The van der Waals surface area contributed by atoms with Crippen molar-refractivity contribution >= 4 is 22.6 Å². The van der Waals surface area contributed by atoms with Gasteiger partial charge in [0.25, 0.3) is 0 Å². The lowest BCUT2D eigenvalue weighted by molar-refractivity contribution is -0.0242. The summed E-state index contributed by atoms with van der Waals surface area (Å²) in [5.41, 5.74) is 1.99. The number of morpholine rings is 1. The third-order valence-electron chi connectivity index (χ3n) is 4.80. The zero-order chi connectivity index (χ0) is 18.8. The lowest BCUT2D eigenvalue weighted by Crippen LogP contribution is -2.44. The van der Waals surface area contributed by atoms with Gasteiger partial charge >= 0.3 is 6.03 Å². The summed E-state index contributed by atoms with van der Waals surface area (Å²) in [6.45, 7) is 6.94. The largest absolute Gasteiger partial charge is 0.467 e. The number of aromatic nitrogens is 1. The molecule has 1 N–H and O–H groups in total. The highest BCUT2D eigenvalue weighted by atomic mass is 16.5. The van der Waals surface area contributed by atoms with Gasteiger partial charge in [0.1, 0.15) is 11.9 Å². The third kappa shape index (κ3) is 3.85. The van der Waals surface area contributed by atoms with E-state index in [2.05, 4.69) is 42.1 Å². The van der Waals surface area contributed by atoms with Gasteiger partial charge in [-0.2, -0.15) is 0 Å². The van der Waals surface area contributed by atoms with Crippen LogP contribution < -0.4 is 5.32 Å². The fraction of sp³-hybridized carbons (Fsp3) is 0.381. The summed E-state index contributed by atoms with van der Waals surface area (Å²) >= 11 is 0. The first-order chi connectivity index (χ1) is 13.1.